The third-order valence-electron chi connectivity index (χ3n) is 2.48. The molecule has 0 aliphatic carbocycles. The lowest BCUT2D eigenvalue weighted by molar-refractivity contribution is 0.0986. The van der Waals surface area contributed by atoms with Crippen LogP contribution in [0.25, 0.3) is 11.0 Å². The molecule has 0 spiro atoms. The predicted octanol–water partition coefficient (Wildman–Crippen LogP) is 1.63. The van der Waals surface area contributed by atoms with Crippen LogP contribution in [0.1, 0.15) is 10.5 Å². The van der Waals surface area contributed by atoms with E-state index in [9.17, 15) is 4.79 Å². The van der Waals surface area contributed by atoms with Crippen LogP contribution >= 0.6 is 11.6 Å². The fourth-order valence-corrected chi connectivity index (χ4v) is 1.85. The first-order chi connectivity index (χ1) is 7.63. The lowest BCUT2D eigenvalue weighted by atomic mass is 10.3. The van der Waals surface area contributed by atoms with Crippen molar-refractivity contribution in [3.05, 3.63) is 29.0 Å². The summed E-state index contributed by atoms with van der Waals surface area (Å²) in [6.45, 7) is 0.317. The number of pyridine rings is 1. The van der Waals surface area contributed by atoms with Crippen LogP contribution in [0.4, 0.5) is 0 Å². The van der Waals surface area contributed by atoms with Crippen LogP contribution in [0.15, 0.2) is 18.3 Å². The van der Waals surface area contributed by atoms with Crippen molar-refractivity contribution in [2.45, 2.75) is 0 Å². The molecule has 0 aromatic carbocycles. The number of aromatic nitrogens is 2. The van der Waals surface area contributed by atoms with Gasteiger partial charge in [-0.3, -0.25) is 9.78 Å². The van der Waals surface area contributed by atoms with Crippen LogP contribution in [0.3, 0.4) is 0 Å². The number of hydrogen-bond donors (Lipinski definition) is 1. The summed E-state index contributed by atoms with van der Waals surface area (Å²) in [5, 5.41) is 3.41. The van der Waals surface area contributed by atoms with Crippen molar-refractivity contribution in [2.75, 3.05) is 13.6 Å². The van der Waals surface area contributed by atoms with Gasteiger partial charge in [0, 0.05) is 13.2 Å². The second-order valence-corrected chi connectivity index (χ2v) is 4.04. The van der Waals surface area contributed by atoms with E-state index in [0.717, 1.165) is 11.0 Å². The average molecular weight is 238 g/mol. The van der Waals surface area contributed by atoms with Gasteiger partial charge in [-0.15, -0.1) is 0 Å². The highest BCUT2D eigenvalue weighted by molar-refractivity contribution is 6.31. The van der Waals surface area contributed by atoms with E-state index >= 15 is 0 Å². The molecule has 5 heteroatoms. The Morgan fingerprint density at radius 2 is 2.31 bits per heavy atom. The Kier molecular flexibility index (Phi) is 2.94. The first-order valence-electron chi connectivity index (χ1n) is 4.92. The molecule has 2 aromatic rings. The Morgan fingerprint density at radius 1 is 1.56 bits per heavy atom. The normalized spacial score (nSPS) is 10.9. The fraction of sp³-hybridized carbons (Fsp3) is 0.273. The van der Waals surface area contributed by atoms with Crippen molar-refractivity contribution in [1.82, 2.24) is 14.9 Å². The van der Waals surface area contributed by atoms with Gasteiger partial charge in [0.2, 0.25) is 0 Å². The van der Waals surface area contributed by atoms with E-state index in [1.807, 2.05) is 11.6 Å². The monoisotopic (exact) mass is 237 g/mol. The summed E-state index contributed by atoms with van der Waals surface area (Å²) in [7, 11) is 3.58. The van der Waals surface area contributed by atoms with Gasteiger partial charge in [0.1, 0.15) is 0 Å². The highest BCUT2D eigenvalue weighted by atomic mass is 35.5. The van der Waals surface area contributed by atoms with Gasteiger partial charge in [-0.1, -0.05) is 11.6 Å². The Hall–Kier alpha value is -1.39. The first-order valence-corrected chi connectivity index (χ1v) is 5.30. The Morgan fingerprint density at radius 3 is 3.00 bits per heavy atom. The number of halogens is 1. The van der Waals surface area contributed by atoms with Crippen LogP contribution in [0.5, 0.6) is 0 Å². The van der Waals surface area contributed by atoms with Crippen molar-refractivity contribution in [3.8, 4) is 0 Å². The van der Waals surface area contributed by atoms with E-state index in [2.05, 4.69) is 10.3 Å². The van der Waals surface area contributed by atoms with Crippen molar-refractivity contribution >= 4 is 28.4 Å². The van der Waals surface area contributed by atoms with E-state index in [4.69, 9.17) is 11.6 Å². The molecule has 84 valence electrons. The number of fused-ring (bicyclic) bond motifs is 1. The number of hydrogen-bond acceptors (Lipinski definition) is 3. The largest absolute Gasteiger partial charge is 0.340 e. The lowest BCUT2D eigenvalue weighted by Crippen LogP contribution is -2.20. The van der Waals surface area contributed by atoms with Gasteiger partial charge in [0.25, 0.3) is 0 Å². The van der Waals surface area contributed by atoms with Gasteiger partial charge in [-0.25, -0.2) is 0 Å². The first kappa shape index (κ1) is 11.1. The van der Waals surface area contributed by atoms with E-state index in [1.54, 1.807) is 25.4 Å². The zero-order valence-corrected chi connectivity index (χ0v) is 9.88. The van der Waals surface area contributed by atoms with Crippen LogP contribution < -0.4 is 5.32 Å². The molecule has 0 aliphatic rings. The summed E-state index contributed by atoms with van der Waals surface area (Å²) in [6, 6.07) is 3.59. The van der Waals surface area contributed by atoms with Gasteiger partial charge in [-0.05, 0) is 19.2 Å². The number of likely N-dealkylation sites (N-methyl/N-ethyl adjacent to an activating group) is 1. The molecule has 0 saturated carbocycles. The molecular formula is C11H12ClN3O. The molecule has 0 unspecified atom stereocenters. The summed E-state index contributed by atoms with van der Waals surface area (Å²) in [6.07, 6.45) is 1.58. The van der Waals surface area contributed by atoms with E-state index in [0.29, 0.717) is 17.3 Å². The summed E-state index contributed by atoms with van der Waals surface area (Å²) in [4.78, 5) is 16.0. The van der Waals surface area contributed by atoms with Gasteiger partial charge < -0.3 is 9.88 Å². The fourth-order valence-electron chi connectivity index (χ4n) is 1.69. The van der Waals surface area contributed by atoms with Crippen molar-refractivity contribution in [1.29, 1.82) is 0 Å². The Balaban J connectivity index is 2.56. The van der Waals surface area contributed by atoms with E-state index in [-0.39, 0.29) is 5.78 Å². The van der Waals surface area contributed by atoms with Crippen LogP contribution in [0, 0.1) is 0 Å². The third kappa shape index (κ3) is 1.81. The molecule has 2 aromatic heterocycles. The van der Waals surface area contributed by atoms with Crippen LogP contribution in [0.2, 0.25) is 5.02 Å². The number of carbonyl (C=O) groups excluding carboxylic acids is 1. The van der Waals surface area contributed by atoms with E-state index in [1.165, 1.54) is 0 Å². The molecule has 2 heterocycles. The maximum Gasteiger partial charge on any atom is 0.192 e. The lowest BCUT2D eigenvalue weighted by Gasteiger charge is -2.02. The SMILES string of the molecule is CNCC(=O)c1cc2ncc(Cl)cc2n1C. The maximum absolute atomic E-state index is 11.8. The minimum atomic E-state index is 0.0409. The Labute approximate surface area is 98.2 Å². The molecule has 0 fully saturated rings. The van der Waals surface area contributed by atoms with Gasteiger partial charge >= 0.3 is 0 Å². The summed E-state index contributed by atoms with van der Waals surface area (Å²) < 4.78 is 1.81. The number of nitrogens with zero attached hydrogens (tertiary/aromatic N) is 2. The highest BCUT2D eigenvalue weighted by Gasteiger charge is 2.13. The molecule has 1 N–H and O–H groups in total. The molecule has 16 heavy (non-hydrogen) atoms. The zero-order chi connectivity index (χ0) is 11.7. The quantitative estimate of drug-likeness (QED) is 0.826. The molecule has 0 radical (unpaired) electrons. The van der Waals surface area contributed by atoms with Crippen molar-refractivity contribution in [3.63, 3.8) is 0 Å². The topological polar surface area (TPSA) is 46.9 Å². The second-order valence-electron chi connectivity index (χ2n) is 3.60. The maximum atomic E-state index is 11.8. The second kappa shape index (κ2) is 4.23. The van der Waals surface area contributed by atoms with Crippen LogP contribution in [-0.4, -0.2) is 28.9 Å². The molecule has 4 nitrogen and oxygen atoms in total. The number of nitrogens with one attached hydrogen (secondary N) is 1. The Bertz CT molecular complexity index is 547. The minimum Gasteiger partial charge on any atom is -0.340 e. The summed E-state index contributed by atoms with van der Waals surface area (Å²) in [5.41, 5.74) is 2.29. The number of ketones is 1. The molecule has 0 atom stereocenters. The number of carbonyl (C=O) groups is 1. The molecule has 0 amide bonds. The molecule has 2 rings (SSSR count). The highest BCUT2D eigenvalue weighted by Crippen LogP contribution is 2.20. The molecule has 0 bridgehead atoms. The molecule has 0 saturated heterocycles. The van der Waals surface area contributed by atoms with Gasteiger partial charge in [0.05, 0.1) is 28.3 Å². The van der Waals surface area contributed by atoms with E-state index < -0.39 is 0 Å². The third-order valence-corrected chi connectivity index (χ3v) is 2.69. The average Bonchev–Trinajstić information content (AvgIpc) is 2.57. The summed E-state index contributed by atoms with van der Waals surface area (Å²) in [5.74, 6) is 0.0409. The minimum absolute atomic E-state index is 0.0409. The zero-order valence-electron chi connectivity index (χ0n) is 9.12. The molecule has 0 aliphatic heterocycles. The van der Waals surface area contributed by atoms with Gasteiger partial charge in [-0.2, -0.15) is 0 Å². The summed E-state index contributed by atoms with van der Waals surface area (Å²) >= 11 is 5.87. The number of aryl methyl sites for hydroxylation is 1. The van der Waals surface area contributed by atoms with Crippen LogP contribution in [-0.2, 0) is 7.05 Å². The molecular weight excluding hydrogens is 226 g/mol. The smallest absolute Gasteiger partial charge is 0.192 e. The number of rotatable bonds is 3. The predicted molar refractivity (Wildman–Crippen MR) is 64.0 cm³/mol. The van der Waals surface area contributed by atoms with Crippen molar-refractivity contribution < 1.29 is 4.79 Å². The van der Waals surface area contributed by atoms with Crippen molar-refractivity contribution in [2.24, 2.45) is 7.05 Å². The standard InChI is InChI=1S/C11H12ClN3O/c1-13-6-11(16)10-4-8-9(15(10)2)3-7(12)5-14-8/h3-5,13H,6H2,1-2H3. The van der Waals surface area contributed by atoms with Gasteiger partial charge in [0.15, 0.2) is 5.78 Å². The number of Topliss-reactive ketones (excluding diaryl/α,β-unsaturated/α-hetero) is 1.